The number of hydrogen-bond donors (Lipinski definition) is 2. The number of nitrogens with one attached hydrogen (secondary N) is 1. The van der Waals surface area contributed by atoms with E-state index >= 15 is 0 Å². The van der Waals surface area contributed by atoms with Crippen molar-refractivity contribution in [1.29, 1.82) is 0 Å². The van der Waals surface area contributed by atoms with E-state index in [0.29, 0.717) is 12.4 Å². The number of nitro groups is 1. The molecule has 18 heavy (non-hydrogen) atoms. The predicted octanol–water partition coefficient (Wildman–Crippen LogP) is 1.54. The minimum atomic E-state index is -0.448. The van der Waals surface area contributed by atoms with Crippen LogP contribution in [0.3, 0.4) is 0 Å². The molecule has 0 aromatic carbocycles. The van der Waals surface area contributed by atoms with Gasteiger partial charge in [-0.15, -0.1) is 5.10 Å². The summed E-state index contributed by atoms with van der Waals surface area (Å²) in [7, 11) is 1.65. The lowest BCUT2D eigenvalue weighted by Crippen LogP contribution is -2.24. The minimum absolute atomic E-state index is 0.0181. The standard InChI is InChI=1S/C11H20N4O3/c1-11(2,5-4-6-16)8-12-10-9(15(17)18)7-14(3)13-10/h7,16H,4-6,8H2,1-3H3,(H,12,13). The van der Waals surface area contributed by atoms with Crippen LogP contribution in [0.1, 0.15) is 26.7 Å². The third-order valence-electron chi connectivity index (χ3n) is 2.75. The fraction of sp³-hybridized carbons (Fsp3) is 0.727. The van der Waals surface area contributed by atoms with Gasteiger partial charge < -0.3 is 10.4 Å². The molecule has 2 N–H and O–H groups in total. The van der Waals surface area contributed by atoms with Crippen molar-refractivity contribution in [2.45, 2.75) is 26.7 Å². The highest BCUT2D eigenvalue weighted by molar-refractivity contribution is 5.54. The van der Waals surface area contributed by atoms with Crippen molar-refractivity contribution in [3.05, 3.63) is 16.3 Å². The van der Waals surface area contributed by atoms with Gasteiger partial charge in [0.05, 0.1) is 4.92 Å². The normalized spacial score (nSPS) is 11.6. The van der Waals surface area contributed by atoms with Crippen LogP contribution in [0.15, 0.2) is 6.20 Å². The maximum absolute atomic E-state index is 10.8. The minimum Gasteiger partial charge on any atom is -0.396 e. The Morgan fingerprint density at radius 3 is 2.83 bits per heavy atom. The second kappa shape index (κ2) is 5.81. The van der Waals surface area contributed by atoms with Crippen LogP contribution >= 0.6 is 0 Å². The lowest BCUT2D eigenvalue weighted by Gasteiger charge is -2.24. The maximum atomic E-state index is 10.8. The monoisotopic (exact) mass is 256 g/mol. The van der Waals surface area contributed by atoms with Gasteiger partial charge in [-0.2, -0.15) is 0 Å². The number of hydrogen-bond acceptors (Lipinski definition) is 5. The summed E-state index contributed by atoms with van der Waals surface area (Å²) in [6.07, 6.45) is 2.94. The van der Waals surface area contributed by atoms with Gasteiger partial charge in [0.15, 0.2) is 0 Å². The molecule has 1 aromatic heterocycles. The first-order chi connectivity index (χ1) is 8.35. The van der Waals surface area contributed by atoms with Gasteiger partial charge >= 0.3 is 5.69 Å². The van der Waals surface area contributed by atoms with E-state index in [1.165, 1.54) is 10.9 Å². The molecule has 0 saturated heterocycles. The first-order valence-electron chi connectivity index (χ1n) is 5.88. The zero-order chi connectivity index (χ0) is 13.8. The molecular weight excluding hydrogens is 236 g/mol. The van der Waals surface area contributed by atoms with Crippen LogP contribution in [-0.2, 0) is 7.05 Å². The SMILES string of the molecule is Cn1cc([N+](=O)[O-])c(NCC(C)(C)CCCO)n1. The van der Waals surface area contributed by atoms with Gasteiger partial charge in [-0.05, 0) is 18.3 Å². The van der Waals surface area contributed by atoms with E-state index < -0.39 is 4.92 Å². The molecule has 0 fully saturated rings. The molecule has 0 bridgehead atoms. The van der Waals surface area contributed by atoms with E-state index in [9.17, 15) is 10.1 Å². The molecule has 7 heteroatoms. The van der Waals surface area contributed by atoms with E-state index in [2.05, 4.69) is 10.4 Å². The molecule has 0 saturated carbocycles. The molecule has 0 amide bonds. The van der Waals surface area contributed by atoms with Crippen LogP contribution in [0.5, 0.6) is 0 Å². The molecule has 0 spiro atoms. The van der Waals surface area contributed by atoms with E-state index in [1.807, 2.05) is 13.8 Å². The number of anilines is 1. The van der Waals surface area contributed by atoms with E-state index in [1.54, 1.807) is 7.05 Å². The highest BCUT2D eigenvalue weighted by Crippen LogP contribution is 2.26. The van der Waals surface area contributed by atoms with Crippen LogP contribution in [0.25, 0.3) is 0 Å². The number of rotatable bonds is 7. The van der Waals surface area contributed by atoms with Gasteiger partial charge in [0.25, 0.3) is 0 Å². The molecule has 0 atom stereocenters. The Morgan fingerprint density at radius 1 is 1.61 bits per heavy atom. The number of aliphatic hydroxyl groups is 1. The second-order valence-electron chi connectivity index (χ2n) is 5.14. The fourth-order valence-electron chi connectivity index (χ4n) is 1.70. The summed E-state index contributed by atoms with van der Waals surface area (Å²) in [5, 5.41) is 26.7. The molecule has 0 radical (unpaired) electrons. The Balaban J connectivity index is 2.65. The van der Waals surface area contributed by atoms with Crippen molar-refractivity contribution >= 4 is 11.5 Å². The molecule has 7 nitrogen and oxygen atoms in total. The average Bonchev–Trinajstić information content (AvgIpc) is 2.66. The molecule has 0 aliphatic heterocycles. The molecular formula is C11H20N4O3. The lowest BCUT2D eigenvalue weighted by atomic mass is 9.88. The Hall–Kier alpha value is -1.63. The topological polar surface area (TPSA) is 93.2 Å². The van der Waals surface area contributed by atoms with E-state index in [4.69, 9.17) is 5.11 Å². The van der Waals surface area contributed by atoms with Crippen molar-refractivity contribution in [2.75, 3.05) is 18.5 Å². The lowest BCUT2D eigenvalue weighted by molar-refractivity contribution is -0.384. The highest BCUT2D eigenvalue weighted by atomic mass is 16.6. The summed E-state index contributed by atoms with van der Waals surface area (Å²) in [6.45, 7) is 4.83. The van der Waals surface area contributed by atoms with Crippen molar-refractivity contribution in [2.24, 2.45) is 12.5 Å². The number of aliphatic hydroxyl groups excluding tert-OH is 1. The molecule has 1 aromatic rings. The van der Waals surface area contributed by atoms with Crippen molar-refractivity contribution in [3.63, 3.8) is 0 Å². The smallest absolute Gasteiger partial charge is 0.330 e. The molecule has 0 aliphatic rings. The quantitative estimate of drug-likeness (QED) is 0.570. The summed E-state index contributed by atoms with van der Waals surface area (Å²) >= 11 is 0. The summed E-state index contributed by atoms with van der Waals surface area (Å²) in [5.74, 6) is 0.291. The van der Waals surface area contributed by atoms with Gasteiger partial charge in [0.1, 0.15) is 6.20 Å². The predicted molar refractivity (Wildman–Crippen MR) is 68.5 cm³/mol. The summed E-state index contributed by atoms with van der Waals surface area (Å²) in [4.78, 5) is 10.4. The zero-order valence-corrected chi connectivity index (χ0v) is 11.0. The van der Waals surface area contributed by atoms with Gasteiger partial charge in [-0.25, -0.2) is 0 Å². The van der Waals surface area contributed by atoms with Crippen LogP contribution < -0.4 is 5.32 Å². The van der Waals surface area contributed by atoms with Crippen LogP contribution in [-0.4, -0.2) is 33.0 Å². The third kappa shape index (κ3) is 3.99. The number of nitrogens with zero attached hydrogens (tertiary/aromatic N) is 3. The van der Waals surface area contributed by atoms with E-state index in [-0.39, 0.29) is 17.7 Å². The van der Waals surface area contributed by atoms with Gasteiger partial charge in [-0.1, -0.05) is 13.8 Å². The first-order valence-corrected chi connectivity index (χ1v) is 5.88. The maximum Gasteiger partial charge on any atom is 0.330 e. The zero-order valence-electron chi connectivity index (χ0n) is 11.0. The molecule has 1 rings (SSSR count). The summed E-state index contributed by atoms with van der Waals surface area (Å²) < 4.78 is 1.42. The van der Waals surface area contributed by atoms with Crippen molar-refractivity contribution < 1.29 is 10.0 Å². The Morgan fingerprint density at radius 2 is 2.28 bits per heavy atom. The van der Waals surface area contributed by atoms with Gasteiger partial charge in [0, 0.05) is 20.2 Å². The van der Waals surface area contributed by atoms with Crippen LogP contribution in [0.2, 0.25) is 0 Å². The van der Waals surface area contributed by atoms with Gasteiger partial charge in [0.2, 0.25) is 5.82 Å². The average molecular weight is 256 g/mol. The van der Waals surface area contributed by atoms with Crippen LogP contribution in [0, 0.1) is 15.5 Å². The third-order valence-corrected chi connectivity index (χ3v) is 2.75. The molecule has 0 unspecified atom stereocenters. The largest absolute Gasteiger partial charge is 0.396 e. The second-order valence-corrected chi connectivity index (χ2v) is 5.14. The van der Waals surface area contributed by atoms with Crippen LogP contribution in [0.4, 0.5) is 11.5 Å². The summed E-state index contributed by atoms with van der Waals surface area (Å²) in [5.41, 5.74) is -0.0656. The molecule has 0 aliphatic carbocycles. The number of aromatic nitrogens is 2. The van der Waals surface area contributed by atoms with E-state index in [0.717, 1.165) is 12.8 Å². The first kappa shape index (κ1) is 14.4. The van der Waals surface area contributed by atoms with Crippen molar-refractivity contribution in [3.8, 4) is 0 Å². The fourth-order valence-corrected chi connectivity index (χ4v) is 1.70. The Kier molecular flexibility index (Phi) is 4.66. The highest BCUT2D eigenvalue weighted by Gasteiger charge is 2.22. The molecule has 102 valence electrons. The van der Waals surface area contributed by atoms with Gasteiger partial charge in [-0.3, -0.25) is 14.8 Å². The Labute approximate surface area is 106 Å². The summed E-state index contributed by atoms with van der Waals surface area (Å²) in [6, 6.07) is 0. The van der Waals surface area contributed by atoms with Crippen molar-refractivity contribution in [1.82, 2.24) is 9.78 Å². The molecule has 1 heterocycles. The Bertz CT molecular complexity index is 414. The number of aryl methyl sites for hydroxylation is 1.